The molecule has 0 spiro atoms. The van der Waals surface area contributed by atoms with Crippen LogP contribution in [0.1, 0.15) is 27.2 Å². The molecule has 5 nitrogen and oxygen atoms in total. The van der Waals surface area contributed by atoms with E-state index in [-0.39, 0.29) is 18.3 Å². The molecule has 27 heavy (non-hydrogen) atoms. The predicted molar refractivity (Wildman–Crippen MR) is 107 cm³/mol. The summed E-state index contributed by atoms with van der Waals surface area (Å²) in [6, 6.07) is 3.87. The number of amides is 2. The van der Waals surface area contributed by atoms with Gasteiger partial charge in [-0.15, -0.1) is 23.4 Å². The summed E-state index contributed by atoms with van der Waals surface area (Å²) in [5.74, 6) is 0.220. The molecule has 1 aliphatic heterocycles. The average molecular weight is 435 g/mol. The van der Waals surface area contributed by atoms with E-state index in [4.69, 9.17) is 27.9 Å². The summed E-state index contributed by atoms with van der Waals surface area (Å²) in [5.41, 5.74) is -1.32. The average Bonchev–Trinajstić information content (AvgIpc) is 2.60. The third kappa shape index (κ3) is 5.09. The molecule has 0 bridgehead atoms. The number of allylic oxidation sites excluding steroid dienone is 1. The van der Waals surface area contributed by atoms with Crippen LogP contribution in [0, 0.1) is 5.82 Å². The van der Waals surface area contributed by atoms with E-state index in [0.717, 1.165) is 12.5 Å². The van der Waals surface area contributed by atoms with E-state index in [2.05, 4.69) is 5.32 Å². The molecule has 0 atom stereocenters. The second-order valence-electron chi connectivity index (χ2n) is 6.42. The van der Waals surface area contributed by atoms with Crippen molar-refractivity contribution in [1.29, 1.82) is 0 Å². The van der Waals surface area contributed by atoms with Crippen LogP contribution in [0.4, 0.5) is 10.1 Å². The van der Waals surface area contributed by atoms with Gasteiger partial charge in [0.2, 0.25) is 5.91 Å². The van der Waals surface area contributed by atoms with Gasteiger partial charge in [-0.2, -0.15) is 0 Å². The molecule has 2 amide bonds. The van der Waals surface area contributed by atoms with Gasteiger partial charge in [-0.25, -0.2) is 4.39 Å². The molecule has 148 valence electrons. The van der Waals surface area contributed by atoms with E-state index >= 15 is 0 Å². The molecule has 9 heteroatoms. The second kappa shape index (κ2) is 9.17. The van der Waals surface area contributed by atoms with Crippen LogP contribution in [0.25, 0.3) is 0 Å². The van der Waals surface area contributed by atoms with Crippen molar-refractivity contribution in [2.24, 2.45) is 0 Å². The Morgan fingerprint density at radius 1 is 1.44 bits per heavy atom. The molecule has 1 N–H and O–H groups in total. The zero-order chi connectivity index (χ0) is 20.2. The number of nitrogens with zero attached hydrogens (tertiary/aromatic N) is 1. The number of carbonyl (C=O) groups is 2. The summed E-state index contributed by atoms with van der Waals surface area (Å²) in [7, 11) is 0. The predicted octanol–water partition coefficient (Wildman–Crippen LogP) is 4.61. The molecule has 0 saturated carbocycles. The highest BCUT2D eigenvalue weighted by atomic mass is 35.5. The molecule has 0 fully saturated rings. The van der Waals surface area contributed by atoms with Crippen molar-refractivity contribution in [3.63, 3.8) is 0 Å². The van der Waals surface area contributed by atoms with Gasteiger partial charge in [0.25, 0.3) is 5.91 Å². The SMILES string of the molecule is CC1=C(SCCCCl)C(=O)N(C(C)(C)C(=O)Nc2cc(Cl)ccc2F)CO1. The van der Waals surface area contributed by atoms with Crippen molar-refractivity contribution in [2.45, 2.75) is 32.7 Å². The molecule has 1 aromatic rings. The van der Waals surface area contributed by atoms with Crippen molar-refractivity contribution >= 4 is 52.5 Å². The Morgan fingerprint density at radius 2 is 2.15 bits per heavy atom. The zero-order valence-electron chi connectivity index (χ0n) is 15.3. The Hall–Kier alpha value is -1.44. The van der Waals surface area contributed by atoms with E-state index < -0.39 is 17.3 Å². The Labute approximate surface area is 172 Å². The Bertz CT molecular complexity index is 771. The highest BCUT2D eigenvalue weighted by molar-refractivity contribution is 8.04. The molecule has 0 saturated heterocycles. The van der Waals surface area contributed by atoms with Crippen molar-refractivity contribution in [3.8, 4) is 0 Å². The van der Waals surface area contributed by atoms with Gasteiger partial charge >= 0.3 is 0 Å². The summed E-state index contributed by atoms with van der Waals surface area (Å²) in [6.07, 6.45) is 0.744. The first-order valence-corrected chi connectivity index (χ1v) is 10.2. The van der Waals surface area contributed by atoms with E-state index in [1.165, 1.54) is 28.8 Å². The standard InChI is InChI=1S/C18H21Cl2FN2O3S/c1-11-15(27-8-4-7-19)16(24)23(10-26-11)18(2,3)17(25)22-14-9-12(20)5-6-13(14)21/h5-6,9H,4,7-8,10H2,1-3H3,(H,22,25). The van der Waals surface area contributed by atoms with Crippen LogP contribution in [0.2, 0.25) is 5.02 Å². The van der Waals surface area contributed by atoms with Gasteiger partial charge in [-0.05, 0) is 51.1 Å². The number of anilines is 1. The molecule has 1 aromatic carbocycles. The molecular formula is C18H21Cl2FN2O3S. The van der Waals surface area contributed by atoms with Gasteiger partial charge in [-0.3, -0.25) is 14.5 Å². The zero-order valence-corrected chi connectivity index (χ0v) is 17.6. The van der Waals surface area contributed by atoms with Crippen LogP contribution in [-0.4, -0.2) is 40.6 Å². The van der Waals surface area contributed by atoms with Crippen LogP contribution in [0.15, 0.2) is 28.9 Å². The van der Waals surface area contributed by atoms with E-state index in [1.54, 1.807) is 20.8 Å². The van der Waals surface area contributed by atoms with Crippen LogP contribution in [0.3, 0.4) is 0 Å². The lowest BCUT2D eigenvalue weighted by Crippen LogP contribution is -2.57. The second-order valence-corrected chi connectivity index (χ2v) is 8.34. The lowest BCUT2D eigenvalue weighted by molar-refractivity contribution is -0.148. The fraction of sp³-hybridized carbons (Fsp3) is 0.444. The van der Waals surface area contributed by atoms with Crippen LogP contribution in [-0.2, 0) is 14.3 Å². The normalized spacial score (nSPS) is 15.0. The summed E-state index contributed by atoms with van der Waals surface area (Å²) in [6.45, 7) is 4.80. The van der Waals surface area contributed by atoms with Crippen molar-refractivity contribution < 1.29 is 18.7 Å². The minimum atomic E-state index is -1.27. The lowest BCUT2D eigenvalue weighted by atomic mass is 10.0. The first kappa shape index (κ1) is 21.9. The highest BCUT2D eigenvalue weighted by Crippen LogP contribution is 2.32. The number of hydrogen-bond acceptors (Lipinski definition) is 4. The van der Waals surface area contributed by atoms with Gasteiger partial charge in [0.15, 0.2) is 6.73 Å². The molecular weight excluding hydrogens is 414 g/mol. The highest BCUT2D eigenvalue weighted by Gasteiger charge is 2.42. The number of halogens is 3. The van der Waals surface area contributed by atoms with Gasteiger partial charge in [0.05, 0.1) is 5.69 Å². The van der Waals surface area contributed by atoms with Crippen molar-refractivity contribution in [1.82, 2.24) is 4.90 Å². The fourth-order valence-electron chi connectivity index (χ4n) is 2.36. The molecule has 0 aromatic heterocycles. The maximum absolute atomic E-state index is 13.9. The number of nitrogens with one attached hydrogen (secondary N) is 1. The molecule has 0 unspecified atom stereocenters. The fourth-order valence-corrected chi connectivity index (χ4v) is 3.81. The number of alkyl halides is 1. The van der Waals surface area contributed by atoms with Gasteiger partial charge in [0, 0.05) is 10.9 Å². The van der Waals surface area contributed by atoms with Crippen LogP contribution >= 0.6 is 35.0 Å². The summed E-state index contributed by atoms with van der Waals surface area (Å²) < 4.78 is 19.5. The molecule has 1 aliphatic rings. The Balaban J connectivity index is 2.18. The number of thioether (sulfide) groups is 1. The smallest absolute Gasteiger partial charge is 0.267 e. The number of hydrogen-bond donors (Lipinski definition) is 1. The van der Waals surface area contributed by atoms with Crippen LogP contribution < -0.4 is 5.32 Å². The van der Waals surface area contributed by atoms with E-state index in [9.17, 15) is 14.0 Å². The van der Waals surface area contributed by atoms with Gasteiger partial charge in [0.1, 0.15) is 22.0 Å². The number of carbonyl (C=O) groups excluding carboxylic acids is 2. The molecule has 2 rings (SSSR count). The third-order valence-electron chi connectivity index (χ3n) is 4.10. The third-order valence-corrected chi connectivity index (χ3v) is 5.85. The summed E-state index contributed by atoms with van der Waals surface area (Å²) in [5, 5.41) is 2.79. The molecule has 1 heterocycles. The Morgan fingerprint density at radius 3 is 2.81 bits per heavy atom. The van der Waals surface area contributed by atoms with Gasteiger partial charge < -0.3 is 10.1 Å². The van der Waals surface area contributed by atoms with E-state index in [0.29, 0.717) is 27.3 Å². The quantitative estimate of drug-likeness (QED) is 0.502. The van der Waals surface area contributed by atoms with Gasteiger partial charge in [-0.1, -0.05) is 11.6 Å². The van der Waals surface area contributed by atoms with Crippen molar-refractivity contribution in [2.75, 3.05) is 23.7 Å². The molecule has 0 aliphatic carbocycles. The maximum atomic E-state index is 13.9. The number of benzene rings is 1. The minimum Gasteiger partial charge on any atom is -0.476 e. The summed E-state index contributed by atoms with van der Waals surface area (Å²) in [4.78, 5) is 27.5. The van der Waals surface area contributed by atoms with E-state index in [1.807, 2.05) is 0 Å². The monoisotopic (exact) mass is 434 g/mol. The number of rotatable bonds is 7. The minimum absolute atomic E-state index is 0.0469. The first-order chi connectivity index (χ1) is 12.7. The first-order valence-electron chi connectivity index (χ1n) is 8.29. The lowest BCUT2D eigenvalue weighted by Gasteiger charge is -2.39. The molecule has 0 radical (unpaired) electrons. The largest absolute Gasteiger partial charge is 0.476 e. The topological polar surface area (TPSA) is 58.6 Å². The van der Waals surface area contributed by atoms with Crippen LogP contribution in [0.5, 0.6) is 0 Å². The van der Waals surface area contributed by atoms with Crippen molar-refractivity contribution in [3.05, 3.63) is 39.7 Å². The maximum Gasteiger partial charge on any atom is 0.267 e. The number of ether oxygens (including phenoxy) is 1. The Kier molecular flexibility index (Phi) is 7.42. The summed E-state index contributed by atoms with van der Waals surface area (Å²) >= 11 is 12.9.